The van der Waals surface area contributed by atoms with Crippen molar-refractivity contribution in [2.75, 3.05) is 26.2 Å². The van der Waals surface area contributed by atoms with Gasteiger partial charge in [-0.25, -0.2) is 0 Å². The van der Waals surface area contributed by atoms with E-state index < -0.39 is 30.3 Å². The van der Waals surface area contributed by atoms with Crippen molar-refractivity contribution in [3.8, 4) is 11.1 Å². The quantitative estimate of drug-likeness (QED) is 0.247. The van der Waals surface area contributed by atoms with E-state index in [-0.39, 0.29) is 44.2 Å². The number of rotatable bonds is 9. The number of amides is 2. The summed E-state index contributed by atoms with van der Waals surface area (Å²) in [6.45, 7) is 5.20. The number of benzene rings is 3. The molecular formula is C40H48F3N3O5. The normalized spacial score (nSPS) is 24.9. The predicted octanol–water partition coefficient (Wildman–Crippen LogP) is 7.07. The third-order valence-electron chi connectivity index (χ3n) is 10.5. The van der Waals surface area contributed by atoms with Crippen molar-refractivity contribution < 1.29 is 37.3 Å². The third-order valence-corrected chi connectivity index (χ3v) is 10.5. The molecule has 2 N–H and O–H groups in total. The van der Waals surface area contributed by atoms with E-state index in [0.29, 0.717) is 11.3 Å². The first-order valence-electron chi connectivity index (χ1n) is 18.2. The molecule has 0 radical (unpaired) electrons. The van der Waals surface area contributed by atoms with Crippen molar-refractivity contribution in [1.82, 2.24) is 15.1 Å². The lowest BCUT2D eigenvalue weighted by Crippen LogP contribution is -2.50. The molecule has 0 bridgehead atoms. The number of aliphatic hydroxyl groups is 1. The number of likely N-dealkylation sites (tertiary alicyclic amines) is 2. The summed E-state index contributed by atoms with van der Waals surface area (Å²) in [6, 6.07) is 22.5. The Labute approximate surface area is 297 Å². The average Bonchev–Trinajstić information content (AvgIpc) is 3.62. The van der Waals surface area contributed by atoms with Gasteiger partial charge in [-0.1, -0.05) is 92.9 Å². The lowest BCUT2D eigenvalue weighted by molar-refractivity contribution is -0.276. The van der Waals surface area contributed by atoms with Gasteiger partial charge in [0, 0.05) is 31.1 Å². The number of nitrogens with one attached hydrogen (secondary N) is 1. The van der Waals surface area contributed by atoms with Gasteiger partial charge in [0.25, 0.3) is 0 Å². The van der Waals surface area contributed by atoms with Crippen LogP contribution in [0.2, 0.25) is 0 Å². The van der Waals surface area contributed by atoms with Gasteiger partial charge in [-0.15, -0.1) is 0 Å². The van der Waals surface area contributed by atoms with Crippen molar-refractivity contribution in [2.24, 2.45) is 5.92 Å². The Bertz CT molecular complexity index is 1610. The molecule has 0 spiro atoms. The largest absolute Gasteiger partial charge is 0.471 e. The van der Waals surface area contributed by atoms with E-state index in [4.69, 9.17) is 9.47 Å². The van der Waals surface area contributed by atoms with E-state index in [1.54, 1.807) is 0 Å². The fourth-order valence-corrected chi connectivity index (χ4v) is 7.52. The molecule has 3 heterocycles. The number of aliphatic hydroxyl groups excluding tert-OH is 1. The van der Waals surface area contributed by atoms with Gasteiger partial charge < -0.3 is 29.7 Å². The smallest absolute Gasteiger partial charge is 0.392 e. The maximum Gasteiger partial charge on any atom is 0.471 e. The monoisotopic (exact) mass is 707 g/mol. The lowest BCUT2D eigenvalue weighted by atomic mass is 9.89. The first kappa shape index (κ1) is 37.0. The Morgan fingerprint density at radius 3 is 2.20 bits per heavy atom. The van der Waals surface area contributed by atoms with E-state index in [9.17, 15) is 27.9 Å². The van der Waals surface area contributed by atoms with Gasteiger partial charge in [-0.05, 0) is 72.7 Å². The van der Waals surface area contributed by atoms with Crippen molar-refractivity contribution >= 4 is 11.8 Å². The number of hydrogen-bond acceptors (Lipinski definition) is 6. The van der Waals surface area contributed by atoms with Crippen LogP contribution in [0.4, 0.5) is 13.2 Å². The summed E-state index contributed by atoms with van der Waals surface area (Å²) < 4.78 is 52.5. The summed E-state index contributed by atoms with van der Waals surface area (Å²) in [5.74, 6) is -2.45. The molecule has 51 heavy (non-hydrogen) atoms. The molecule has 3 saturated heterocycles. The summed E-state index contributed by atoms with van der Waals surface area (Å²) >= 11 is 0. The zero-order valence-corrected chi connectivity index (χ0v) is 29.1. The number of carbonyl (C=O) groups excluding carboxylic acids is 2. The highest BCUT2D eigenvalue weighted by atomic mass is 19.4. The van der Waals surface area contributed by atoms with Crippen LogP contribution in [-0.4, -0.2) is 71.2 Å². The van der Waals surface area contributed by atoms with Crippen molar-refractivity contribution in [2.45, 2.75) is 95.7 Å². The number of carbonyl (C=O) groups is 2. The molecule has 274 valence electrons. The number of ether oxygens (including phenoxy) is 2. The summed E-state index contributed by atoms with van der Waals surface area (Å²) in [7, 11) is 0. The van der Waals surface area contributed by atoms with Crippen molar-refractivity contribution in [3.05, 3.63) is 95.1 Å². The molecule has 8 nitrogen and oxygen atoms in total. The van der Waals surface area contributed by atoms with Crippen LogP contribution in [0.5, 0.6) is 0 Å². The Morgan fingerprint density at radius 2 is 1.51 bits per heavy atom. The topological polar surface area (TPSA) is 91.3 Å². The minimum absolute atomic E-state index is 0.0126. The second-order valence-electron chi connectivity index (χ2n) is 14.1. The van der Waals surface area contributed by atoms with Crippen LogP contribution in [0.3, 0.4) is 0 Å². The number of nitrogens with zero attached hydrogens (tertiary/aromatic N) is 2. The summed E-state index contributed by atoms with van der Waals surface area (Å²) in [6.07, 6.45) is 0.961. The molecule has 0 aliphatic carbocycles. The van der Waals surface area contributed by atoms with Gasteiger partial charge in [-0.2, -0.15) is 13.2 Å². The van der Waals surface area contributed by atoms with E-state index in [1.165, 1.54) is 32.1 Å². The maximum atomic E-state index is 13.0. The minimum Gasteiger partial charge on any atom is -0.392 e. The number of hydrogen-bond donors (Lipinski definition) is 2. The fraction of sp³-hybridized carbons (Fsp3) is 0.500. The summed E-state index contributed by atoms with van der Waals surface area (Å²) in [5, 5.41) is 12.3. The zero-order chi connectivity index (χ0) is 36.0. The van der Waals surface area contributed by atoms with Gasteiger partial charge in [0.15, 0.2) is 6.29 Å². The summed E-state index contributed by atoms with van der Waals surface area (Å²) in [5.41, 5.74) is 5.46. The second-order valence-corrected chi connectivity index (χ2v) is 14.1. The number of halogens is 3. The molecule has 3 aromatic rings. The second kappa shape index (κ2) is 16.7. The predicted molar refractivity (Wildman–Crippen MR) is 187 cm³/mol. The van der Waals surface area contributed by atoms with Gasteiger partial charge >= 0.3 is 12.1 Å². The molecule has 3 aromatic carbocycles. The Morgan fingerprint density at radius 1 is 0.824 bits per heavy atom. The van der Waals surface area contributed by atoms with Gasteiger partial charge in [0.2, 0.25) is 5.91 Å². The highest BCUT2D eigenvalue weighted by Gasteiger charge is 2.47. The van der Waals surface area contributed by atoms with E-state index in [2.05, 4.69) is 17.1 Å². The molecule has 5 atom stereocenters. The lowest BCUT2D eigenvalue weighted by Gasteiger charge is -2.43. The molecule has 11 heteroatoms. The number of alkyl halides is 3. The minimum atomic E-state index is -5.01. The van der Waals surface area contributed by atoms with Crippen LogP contribution in [0, 0.1) is 5.92 Å². The van der Waals surface area contributed by atoms with Crippen LogP contribution in [0.25, 0.3) is 11.1 Å². The van der Waals surface area contributed by atoms with Crippen LogP contribution < -0.4 is 5.32 Å². The molecule has 0 saturated carbocycles. The molecule has 3 fully saturated rings. The highest BCUT2D eigenvalue weighted by molar-refractivity contribution is 5.90. The van der Waals surface area contributed by atoms with Crippen molar-refractivity contribution in [3.63, 3.8) is 0 Å². The van der Waals surface area contributed by atoms with Gasteiger partial charge in [-0.3, -0.25) is 9.59 Å². The van der Waals surface area contributed by atoms with Crippen LogP contribution in [0.15, 0.2) is 72.8 Å². The molecule has 3 aliphatic rings. The molecule has 0 aromatic heterocycles. The third kappa shape index (κ3) is 9.18. The fourth-order valence-electron chi connectivity index (χ4n) is 7.52. The van der Waals surface area contributed by atoms with Crippen LogP contribution >= 0.6 is 0 Å². The highest BCUT2D eigenvalue weighted by Crippen LogP contribution is 2.42. The van der Waals surface area contributed by atoms with Crippen LogP contribution in [-0.2, 0) is 32.2 Å². The standard InChI is InChI=1S/C40H48F3N3O5/c1-27-35(25-45-20-5-3-2-4-6-21-45)50-38(51-36(27)31-14-12-28(26-47)13-15-31)32-18-16-30(17-19-32)33-10-7-9-29(23-33)24-44-37(48)34-11-8-22-46(34)39(49)40(41,42)43/h7,9-10,12-19,23,27,34-36,38,47H,2-6,8,11,20-22,24-26H2,1H3,(H,44,48)/t27-,34+,35+,36+,38+/m1/s1. The van der Waals surface area contributed by atoms with E-state index in [0.717, 1.165) is 53.0 Å². The molecular weight excluding hydrogens is 659 g/mol. The molecule has 3 aliphatic heterocycles. The molecule has 6 rings (SSSR count). The molecule has 0 unspecified atom stereocenters. The van der Waals surface area contributed by atoms with Gasteiger partial charge in [0.1, 0.15) is 6.04 Å². The summed E-state index contributed by atoms with van der Waals surface area (Å²) in [4.78, 5) is 27.8. The van der Waals surface area contributed by atoms with Gasteiger partial charge in [0.05, 0.1) is 18.8 Å². The Kier molecular flexibility index (Phi) is 12.1. The first-order valence-corrected chi connectivity index (χ1v) is 18.2. The van der Waals surface area contributed by atoms with E-state index >= 15 is 0 Å². The zero-order valence-electron chi connectivity index (χ0n) is 29.1. The SMILES string of the molecule is C[C@@H]1[C@H](CN2CCCCCCC2)O[C@H](c2ccc(-c3cccc(CNC(=O)[C@@H]4CCCN4C(=O)C(F)(F)F)c3)cc2)O[C@@H]1c1ccc(CO)cc1. The van der Waals surface area contributed by atoms with Crippen LogP contribution in [0.1, 0.15) is 86.5 Å². The first-order chi connectivity index (χ1) is 24.6. The Balaban J connectivity index is 1.14. The average molecular weight is 708 g/mol. The van der Waals surface area contributed by atoms with Crippen molar-refractivity contribution in [1.29, 1.82) is 0 Å². The Hall–Kier alpha value is -3.77. The van der Waals surface area contributed by atoms with E-state index in [1.807, 2.05) is 72.8 Å². The molecule has 2 amide bonds. The maximum absolute atomic E-state index is 13.0.